The molecule has 0 radical (unpaired) electrons. The van der Waals surface area contributed by atoms with Crippen LogP contribution in [0, 0.1) is 5.92 Å². The molecule has 0 spiro atoms. The van der Waals surface area contributed by atoms with E-state index < -0.39 is 5.41 Å². The molecule has 3 aromatic rings. The third-order valence-corrected chi connectivity index (χ3v) is 7.19. The molecule has 0 aromatic heterocycles. The fraction of sp³-hybridized carbons (Fsp3) is 0.267. The second-order valence-corrected chi connectivity index (χ2v) is 10.1. The van der Waals surface area contributed by atoms with Crippen molar-refractivity contribution in [2.24, 2.45) is 5.92 Å². The maximum atomic E-state index is 14.1. The summed E-state index contributed by atoms with van der Waals surface area (Å²) in [5.41, 5.74) is 2.18. The number of fused-ring (bicyclic) bond motifs is 1. The highest BCUT2D eigenvalue weighted by atomic mass is 16.1. The molecule has 2 atom stereocenters. The monoisotopic (exact) mass is 435 g/mol. The van der Waals surface area contributed by atoms with Gasteiger partial charge in [0, 0.05) is 41.3 Å². The van der Waals surface area contributed by atoms with E-state index in [1.54, 1.807) is 0 Å². The summed E-state index contributed by atoms with van der Waals surface area (Å²) in [4.78, 5) is 30.3. The Morgan fingerprint density at radius 2 is 1.30 bits per heavy atom. The first kappa shape index (κ1) is 21.4. The maximum Gasteiger partial charge on any atom is 0.190 e. The second-order valence-electron chi connectivity index (χ2n) is 10.1. The van der Waals surface area contributed by atoms with Crippen molar-refractivity contribution >= 4 is 11.6 Å². The van der Waals surface area contributed by atoms with Gasteiger partial charge in [0.1, 0.15) is 0 Å². The van der Waals surface area contributed by atoms with Crippen LogP contribution in [0.1, 0.15) is 48.7 Å². The highest BCUT2D eigenvalue weighted by molar-refractivity contribution is 6.12. The van der Waals surface area contributed by atoms with E-state index in [9.17, 15) is 9.59 Å². The molecule has 0 saturated heterocycles. The van der Waals surface area contributed by atoms with Crippen LogP contribution in [0.2, 0.25) is 0 Å². The quantitative estimate of drug-likeness (QED) is 0.485. The average molecular weight is 436 g/mol. The van der Waals surface area contributed by atoms with Crippen molar-refractivity contribution in [3.8, 4) is 0 Å². The number of hydrogen-bond acceptors (Lipinski definition) is 3. The molecule has 2 aliphatic rings. The predicted octanol–water partition coefficient (Wildman–Crippen LogP) is 5.81. The van der Waals surface area contributed by atoms with Crippen LogP contribution in [0.3, 0.4) is 0 Å². The molecule has 1 fully saturated rings. The van der Waals surface area contributed by atoms with Gasteiger partial charge in [0.15, 0.2) is 11.6 Å². The Morgan fingerprint density at radius 3 is 1.79 bits per heavy atom. The first-order valence-corrected chi connectivity index (χ1v) is 11.6. The normalized spacial score (nSPS) is 21.6. The zero-order valence-corrected chi connectivity index (χ0v) is 19.4. The molecule has 3 aromatic carbocycles. The molecule has 33 heavy (non-hydrogen) atoms. The fourth-order valence-electron chi connectivity index (χ4n) is 5.85. The lowest BCUT2D eigenvalue weighted by Crippen LogP contribution is -2.46. The van der Waals surface area contributed by atoms with E-state index in [2.05, 4.69) is 25.7 Å². The number of carbonyl (C=O) groups is 2. The second kappa shape index (κ2) is 7.84. The van der Waals surface area contributed by atoms with Gasteiger partial charge in [-0.1, -0.05) is 91.0 Å². The van der Waals surface area contributed by atoms with Gasteiger partial charge in [0.05, 0.1) is 5.41 Å². The summed E-state index contributed by atoms with van der Waals surface area (Å²) in [5, 5.41) is 0. The van der Waals surface area contributed by atoms with E-state index in [1.807, 2.05) is 97.2 Å². The van der Waals surface area contributed by atoms with Crippen molar-refractivity contribution in [1.29, 1.82) is 0 Å². The standard InChI is InChI=1S/C30H29NO2/c1-29(2,3)31-20-24(28(33)21-13-7-4-8-14-21)27-25(31)19-26(32)30(27,22-15-9-5-10-16-22)23-17-11-6-12-18-23/h4-18,20,25,27H,19H2,1-3H3. The summed E-state index contributed by atoms with van der Waals surface area (Å²) < 4.78 is 0. The molecule has 0 bridgehead atoms. The molecule has 3 heteroatoms. The van der Waals surface area contributed by atoms with Crippen molar-refractivity contribution in [3.63, 3.8) is 0 Å². The van der Waals surface area contributed by atoms with Gasteiger partial charge in [0.2, 0.25) is 0 Å². The third kappa shape index (κ3) is 3.26. The van der Waals surface area contributed by atoms with Crippen molar-refractivity contribution in [2.45, 2.75) is 44.2 Å². The van der Waals surface area contributed by atoms with E-state index in [0.29, 0.717) is 12.0 Å². The molecule has 1 heterocycles. The summed E-state index contributed by atoms with van der Waals surface area (Å²) in [6.07, 6.45) is 2.45. The number of ketones is 2. The molecule has 1 saturated carbocycles. The van der Waals surface area contributed by atoms with Crippen molar-refractivity contribution in [1.82, 2.24) is 4.90 Å². The lowest BCUT2D eigenvalue weighted by atomic mass is 9.64. The zero-order chi connectivity index (χ0) is 23.2. The van der Waals surface area contributed by atoms with Gasteiger partial charge < -0.3 is 4.90 Å². The number of Topliss-reactive ketones (excluding diaryl/α,β-unsaturated/α-hetero) is 2. The fourth-order valence-corrected chi connectivity index (χ4v) is 5.85. The Labute approximate surface area is 195 Å². The molecule has 1 aliphatic heterocycles. The molecule has 0 amide bonds. The first-order valence-electron chi connectivity index (χ1n) is 11.6. The maximum absolute atomic E-state index is 14.1. The van der Waals surface area contributed by atoms with Crippen molar-refractivity contribution in [3.05, 3.63) is 119 Å². The van der Waals surface area contributed by atoms with Gasteiger partial charge in [-0.05, 0) is 31.9 Å². The van der Waals surface area contributed by atoms with Crippen molar-refractivity contribution < 1.29 is 9.59 Å². The molecule has 166 valence electrons. The Kier molecular flexibility index (Phi) is 5.08. The van der Waals surface area contributed by atoms with E-state index in [0.717, 1.165) is 16.7 Å². The summed E-state index contributed by atoms with van der Waals surface area (Å²) in [6, 6.07) is 29.4. The molecule has 5 rings (SSSR count). The number of carbonyl (C=O) groups excluding carboxylic acids is 2. The minimum Gasteiger partial charge on any atom is -0.368 e. The summed E-state index contributed by atoms with van der Waals surface area (Å²) in [7, 11) is 0. The number of rotatable bonds is 4. The number of hydrogen-bond donors (Lipinski definition) is 0. The largest absolute Gasteiger partial charge is 0.368 e. The molecular weight excluding hydrogens is 406 g/mol. The van der Waals surface area contributed by atoms with Crippen LogP contribution in [-0.4, -0.2) is 28.0 Å². The topological polar surface area (TPSA) is 37.4 Å². The van der Waals surface area contributed by atoms with E-state index in [-0.39, 0.29) is 29.1 Å². The van der Waals surface area contributed by atoms with Gasteiger partial charge in [-0.15, -0.1) is 0 Å². The Hall–Kier alpha value is -3.46. The predicted molar refractivity (Wildman–Crippen MR) is 131 cm³/mol. The number of nitrogens with zero attached hydrogens (tertiary/aromatic N) is 1. The summed E-state index contributed by atoms with van der Waals surface area (Å²) in [5.74, 6) is -0.0827. The lowest BCUT2D eigenvalue weighted by Gasteiger charge is -2.40. The Morgan fingerprint density at radius 1 is 0.818 bits per heavy atom. The van der Waals surface area contributed by atoms with Crippen LogP contribution in [0.25, 0.3) is 0 Å². The van der Waals surface area contributed by atoms with Crippen LogP contribution < -0.4 is 0 Å². The van der Waals surface area contributed by atoms with Gasteiger partial charge in [-0.25, -0.2) is 0 Å². The third-order valence-electron chi connectivity index (χ3n) is 7.19. The first-order chi connectivity index (χ1) is 15.8. The molecule has 0 N–H and O–H groups in total. The highest BCUT2D eigenvalue weighted by Gasteiger charge is 2.63. The van der Waals surface area contributed by atoms with Crippen LogP contribution in [-0.2, 0) is 10.2 Å². The minimum absolute atomic E-state index is 0.00304. The molecule has 3 nitrogen and oxygen atoms in total. The molecular formula is C30H29NO2. The lowest BCUT2D eigenvalue weighted by molar-refractivity contribution is -0.121. The smallest absolute Gasteiger partial charge is 0.190 e. The van der Waals surface area contributed by atoms with Gasteiger partial charge in [-0.3, -0.25) is 9.59 Å². The van der Waals surface area contributed by atoms with Crippen LogP contribution in [0.5, 0.6) is 0 Å². The SMILES string of the molecule is CC(C)(C)N1C=C(C(=O)c2ccccc2)C2C1CC(=O)C2(c1ccccc1)c1ccccc1. The zero-order valence-electron chi connectivity index (χ0n) is 19.4. The van der Waals surface area contributed by atoms with Crippen LogP contribution in [0.4, 0.5) is 0 Å². The van der Waals surface area contributed by atoms with Crippen LogP contribution in [0.15, 0.2) is 103 Å². The summed E-state index contributed by atoms with van der Waals surface area (Å²) >= 11 is 0. The Balaban J connectivity index is 1.77. The number of benzene rings is 3. The van der Waals surface area contributed by atoms with Gasteiger partial charge in [-0.2, -0.15) is 0 Å². The minimum atomic E-state index is -0.899. The van der Waals surface area contributed by atoms with E-state index in [4.69, 9.17) is 0 Å². The van der Waals surface area contributed by atoms with Crippen LogP contribution >= 0.6 is 0 Å². The summed E-state index contributed by atoms with van der Waals surface area (Å²) in [6.45, 7) is 6.43. The van der Waals surface area contributed by atoms with Gasteiger partial charge in [0.25, 0.3) is 0 Å². The van der Waals surface area contributed by atoms with Crippen molar-refractivity contribution in [2.75, 3.05) is 0 Å². The van der Waals surface area contributed by atoms with E-state index in [1.165, 1.54) is 0 Å². The Bertz CT molecular complexity index is 1170. The van der Waals surface area contributed by atoms with E-state index >= 15 is 0 Å². The molecule has 2 unspecified atom stereocenters. The average Bonchev–Trinajstić information content (AvgIpc) is 3.35. The molecule has 1 aliphatic carbocycles. The highest BCUT2D eigenvalue weighted by Crippen LogP contribution is 2.56. The van der Waals surface area contributed by atoms with Gasteiger partial charge >= 0.3 is 0 Å².